The van der Waals surface area contributed by atoms with E-state index in [9.17, 15) is 0 Å². The number of aromatic nitrogens is 2. The van der Waals surface area contributed by atoms with Gasteiger partial charge in [-0.2, -0.15) is 4.98 Å². The minimum absolute atomic E-state index is 0.741. The van der Waals surface area contributed by atoms with E-state index in [4.69, 9.17) is 9.72 Å². The standard InChI is InChI=1S/C21H29N5O/c1-17-4-3-11-26(16-17)20-9-10-22-21(23-20)25-14-12-24(13-15-25)18-5-7-19(27-2)8-6-18/h5-10,17H,3-4,11-16H2,1-2H3. The first kappa shape index (κ1) is 17.9. The monoisotopic (exact) mass is 367 g/mol. The Morgan fingerprint density at radius 2 is 1.67 bits per heavy atom. The van der Waals surface area contributed by atoms with E-state index < -0.39 is 0 Å². The van der Waals surface area contributed by atoms with E-state index in [1.165, 1.54) is 18.5 Å². The maximum atomic E-state index is 5.25. The van der Waals surface area contributed by atoms with Gasteiger partial charge in [-0.1, -0.05) is 6.92 Å². The fourth-order valence-electron chi connectivity index (χ4n) is 4.02. The SMILES string of the molecule is COc1ccc(N2CCN(c3nccc(N4CCCC(C)C4)n3)CC2)cc1. The van der Waals surface area contributed by atoms with Gasteiger partial charge in [-0.3, -0.25) is 0 Å². The molecule has 0 saturated carbocycles. The van der Waals surface area contributed by atoms with Gasteiger partial charge in [-0.15, -0.1) is 0 Å². The highest BCUT2D eigenvalue weighted by molar-refractivity contribution is 5.51. The van der Waals surface area contributed by atoms with E-state index in [0.717, 1.165) is 62.7 Å². The van der Waals surface area contributed by atoms with Crippen LogP contribution < -0.4 is 19.4 Å². The second-order valence-electron chi connectivity index (χ2n) is 7.58. The van der Waals surface area contributed by atoms with E-state index in [1.54, 1.807) is 7.11 Å². The van der Waals surface area contributed by atoms with Crippen molar-refractivity contribution in [1.82, 2.24) is 9.97 Å². The van der Waals surface area contributed by atoms with Crippen LogP contribution in [0.4, 0.5) is 17.5 Å². The van der Waals surface area contributed by atoms with Crippen molar-refractivity contribution in [3.63, 3.8) is 0 Å². The summed E-state index contributed by atoms with van der Waals surface area (Å²) in [5, 5.41) is 0. The molecule has 2 fully saturated rings. The molecule has 1 aromatic carbocycles. The summed E-state index contributed by atoms with van der Waals surface area (Å²) in [4.78, 5) is 16.6. The third-order valence-corrected chi connectivity index (χ3v) is 5.61. The van der Waals surface area contributed by atoms with Gasteiger partial charge in [0, 0.05) is 51.2 Å². The Hall–Kier alpha value is -2.50. The highest BCUT2D eigenvalue weighted by Crippen LogP contribution is 2.24. The van der Waals surface area contributed by atoms with E-state index in [1.807, 2.05) is 18.3 Å². The van der Waals surface area contributed by atoms with E-state index >= 15 is 0 Å². The summed E-state index contributed by atoms with van der Waals surface area (Å²) < 4.78 is 5.25. The molecule has 0 aliphatic carbocycles. The second-order valence-corrected chi connectivity index (χ2v) is 7.58. The number of anilines is 3. The molecular weight excluding hydrogens is 338 g/mol. The first-order chi connectivity index (χ1) is 13.2. The van der Waals surface area contributed by atoms with Gasteiger partial charge < -0.3 is 19.4 Å². The molecule has 0 spiro atoms. The lowest BCUT2D eigenvalue weighted by Crippen LogP contribution is -2.47. The van der Waals surface area contributed by atoms with E-state index in [2.05, 4.69) is 44.8 Å². The Labute approximate surface area is 161 Å². The lowest BCUT2D eigenvalue weighted by molar-refractivity contribution is 0.415. The molecule has 144 valence electrons. The molecule has 2 aliphatic heterocycles. The average Bonchev–Trinajstić information content (AvgIpc) is 2.74. The predicted octanol–water partition coefficient (Wildman–Crippen LogP) is 3.05. The van der Waals surface area contributed by atoms with Crippen molar-refractivity contribution in [1.29, 1.82) is 0 Å². The number of piperidine rings is 1. The van der Waals surface area contributed by atoms with Gasteiger partial charge in [-0.05, 0) is 49.1 Å². The zero-order valence-corrected chi connectivity index (χ0v) is 16.3. The van der Waals surface area contributed by atoms with Gasteiger partial charge in [0.05, 0.1) is 7.11 Å². The minimum Gasteiger partial charge on any atom is -0.497 e. The molecule has 2 aliphatic rings. The van der Waals surface area contributed by atoms with Crippen LogP contribution in [0, 0.1) is 5.92 Å². The van der Waals surface area contributed by atoms with Crippen LogP contribution in [-0.4, -0.2) is 56.3 Å². The Kier molecular flexibility index (Phi) is 5.32. The molecule has 0 bridgehead atoms. The highest BCUT2D eigenvalue weighted by atomic mass is 16.5. The largest absolute Gasteiger partial charge is 0.497 e. The molecule has 1 atom stereocenters. The number of piperazine rings is 1. The second kappa shape index (κ2) is 8.03. The summed E-state index contributed by atoms with van der Waals surface area (Å²) in [5.41, 5.74) is 1.24. The molecule has 6 nitrogen and oxygen atoms in total. The van der Waals surface area contributed by atoms with Gasteiger partial charge in [0.1, 0.15) is 11.6 Å². The van der Waals surface area contributed by atoms with Gasteiger partial charge >= 0.3 is 0 Å². The van der Waals surface area contributed by atoms with Crippen molar-refractivity contribution in [3.05, 3.63) is 36.5 Å². The fraction of sp³-hybridized carbons (Fsp3) is 0.524. The van der Waals surface area contributed by atoms with Crippen molar-refractivity contribution in [2.45, 2.75) is 19.8 Å². The fourth-order valence-corrected chi connectivity index (χ4v) is 4.02. The molecule has 0 N–H and O–H groups in total. The topological polar surface area (TPSA) is 44.7 Å². The molecule has 1 unspecified atom stereocenters. The van der Waals surface area contributed by atoms with Crippen LogP contribution in [-0.2, 0) is 0 Å². The minimum atomic E-state index is 0.741. The number of ether oxygens (including phenoxy) is 1. The number of methoxy groups -OCH3 is 1. The van der Waals surface area contributed by atoms with Crippen LogP contribution in [0.5, 0.6) is 5.75 Å². The van der Waals surface area contributed by atoms with Gasteiger partial charge in [-0.25, -0.2) is 4.98 Å². The first-order valence-corrected chi connectivity index (χ1v) is 9.95. The quantitative estimate of drug-likeness (QED) is 0.828. The number of hydrogen-bond donors (Lipinski definition) is 0. The summed E-state index contributed by atoms with van der Waals surface area (Å²) in [7, 11) is 1.70. The molecule has 1 aromatic heterocycles. The molecule has 2 saturated heterocycles. The van der Waals surface area contributed by atoms with Crippen molar-refractivity contribution in [2.24, 2.45) is 5.92 Å². The number of benzene rings is 1. The highest BCUT2D eigenvalue weighted by Gasteiger charge is 2.22. The van der Waals surface area contributed by atoms with Gasteiger partial charge in [0.2, 0.25) is 5.95 Å². The van der Waals surface area contributed by atoms with Crippen molar-refractivity contribution in [3.8, 4) is 5.75 Å². The Balaban J connectivity index is 1.39. The first-order valence-electron chi connectivity index (χ1n) is 9.95. The molecule has 27 heavy (non-hydrogen) atoms. The van der Waals surface area contributed by atoms with Gasteiger partial charge in [0.15, 0.2) is 0 Å². The lowest BCUT2D eigenvalue weighted by atomic mass is 10.0. The molecular formula is C21H29N5O. The molecule has 0 radical (unpaired) electrons. The summed E-state index contributed by atoms with van der Waals surface area (Å²) in [5.74, 6) is 3.57. The maximum absolute atomic E-state index is 5.25. The zero-order chi connectivity index (χ0) is 18.6. The zero-order valence-electron chi connectivity index (χ0n) is 16.3. The van der Waals surface area contributed by atoms with Crippen LogP contribution in [0.3, 0.4) is 0 Å². The number of nitrogens with zero attached hydrogens (tertiary/aromatic N) is 5. The van der Waals surface area contributed by atoms with E-state index in [-0.39, 0.29) is 0 Å². The third kappa shape index (κ3) is 4.10. The smallest absolute Gasteiger partial charge is 0.227 e. The normalized spacial score (nSPS) is 20.7. The van der Waals surface area contributed by atoms with Crippen molar-refractivity contribution in [2.75, 3.05) is 61.1 Å². The molecule has 3 heterocycles. The van der Waals surface area contributed by atoms with Crippen molar-refractivity contribution >= 4 is 17.5 Å². The van der Waals surface area contributed by atoms with Crippen LogP contribution in [0.25, 0.3) is 0 Å². The molecule has 4 rings (SSSR count). The number of rotatable bonds is 4. The summed E-state index contributed by atoms with van der Waals surface area (Å²) >= 11 is 0. The number of hydrogen-bond acceptors (Lipinski definition) is 6. The van der Waals surface area contributed by atoms with Crippen LogP contribution >= 0.6 is 0 Å². The third-order valence-electron chi connectivity index (χ3n) is 5.61. The average molecular weight is 367 g/mol. The van der Waals surface area contributed by atoms with Crippen LogP contribution in [0.1, 0.15) is 19.8 Å². The molecule has 0 amide bonds. The van der Waals surface area contributed by atoms with E-state index in [0.29, 0.717) is 0 Å². The van der Waals surface area contributed by atoms with Crippen LogP contribution in [0.2, 0.25) is 0 Å². The predicted molar refractivity (Wildman–Crippen MR) is 110 cm³/mol. The lowest BCUT2D eigenvalue weighted by Gasteiger charge is -2.37. The van der Waals surface area contributed by atoms with Gasteiger partial charge in [0.25, 0.3) is 0 Å². The Morgan fingerprint density at radius 1 is 0.926 bits per heavy atom. The summed E-state index contributed by atoms with van der Waals surface area (Å²) in [6, 6.07) is 10.4. The molecule has 6 heteroatoms. The summed E-state index contributed by atoms with van der Waals surface area (Å²) in [6.45, 7) is 8.35. The maximum Gasteiger partial charge on any atom is 0.227 e. The summed E-state index contributed by atoms with van der Waals surface area (Å²) in [6.07, 6.45) is 4.48. The Morgan fingerprint density at radius 3 is 2.37 bits per heavy atom. The van der Waals surface area contributed by atoms with Crippen molar-refractivity contribution < 1.29 is 4.74 Å². The van der Waals surface area contributed by atoms with Crippen LogP contribution in [0.15, 0.2) is 36.5 Å². The Bertz CT molecular complexity index is 742. The molecule has 2 aromatic rings.